The van der Waals surface area contributed by atoms with Crippen molar-refractivity contribution in [3.63, 3.8) is 0 Å². The van der Waals surface area contributed by atoms with Gasteiger partial charge in [0.2, 0.25) is 0 Å². The van der Waals surface area contributed by atoms with Crippen LogP contribution in [0.4, 0.5) is 0 Å². The van der Waals surface area contributed by atoms with Gasteiger partial charge in [-0.1, -0.05) is 47.8 Å². The predicted octanol–water partition coefficient (Wildman–Crippen LogP) is 4.15. The van der Waals surface area contributed by atoms with Gasteiger partial charge in [-0.25, -0.2) is 0 Å². The number of piperazine rings is 1. The van der Waals surface area contributed by atoms with E-state index < -0.39 is 0 Å². The molecule has 1 heterocycles. The summed E-state index contributed by atoms with van der Waals surface area (Å²) in [4.78, 5) is 5.37. The van der Waals surface area contributed by atoms with Crippen LogP contribution in [0.5, 0.6) is 0 Å². The molecule has 0 aromatic heterocycles. The molecule has 1 aliphatic heterocycles. The van der Waals surface area contributed by atoms with Crippen LogP contribution < -0.4 is 0 Å². The molecule has 0 N–H and O–H groups in total. The van der Waals surface area contributed by atoms with E-state index in [9.17, 15) is 0 Å². The lowest BCUT2D eigenvalue weighted by molar-refractivity contribution is 0.0518. The molecule has 0 radical (unpaired) electrons. The standard InChI is InChI=1S/C18H27BrN2/c1-15-5-2-3-8-18(15)21-11-9-20(10-12-21)14-16-6-4-7-17(19)13-16/h4,6-7,13,15,18H,2-3,5,8-12,14H2,1H3/t15-,18+/m1/s1. The summed E-state index contributed by atoms with van der Waals surface area (Å²) in [6.07, 6.45) is 5.74. The van der Waals surface area contributed by atoms with Crippen LogP contribution in [-0.4, -0.2) is 42.0 Å². The summed E-state index contributed by atoms with van der Waals surface area (Å²) in [6.45, 7) is 8.49. The maximum atomic E-state index is 3.57. The topological polar surface area (TPSA) is 6.48 Å². The Labute approximate surface area is 137 Å². The maximum absolute atomic E-state index is 3.57. The van der Waals surface area contributed by atoms with Crippen LogP contribution in [0.3, 0.4) is 0 Å². The van der Waals surface area contributed by atoms with Crippen molar-refractivity contribution in [1.82, 2.24) is 9.80 Å². The van der Waals surface area contributed by atoms with Crippen molar-refractivity contribution < 1.29 is 0 Å². The molecule has 0 amide bonds. The van der Waals surface area contributed by atoms with Crippen molar-refractivity contribution in [3.05, 3.63) is 34.3 Å². The summed E-state index contributed by atoms with van der Waals surface area (Å²) in [5.41, 5.74) is 1.42. The summed E-state index contributed by atoms with van der Waals surface area (Å²) in [5, 5.41) is 0. The lowest BCUT2D eigenvalue weighted by Gasteiger charge is -2.43. The number of hydrogen-bond donors (Lipinski definition) is 0. The summed E-state index contributed by atoms with van der Waals surface area (Å²) < 4.78 is 1.19. The van der Waals surface area contributed by atoms with Crippen molar-refractivity contribution in [2.24, 2.45) is 5.92 Å². The summed E-state index contributed by atoms with van der Waals surface area (Å²) in [6, 6.07) is 9.58. The van der Waals surface area contributed by atoms with Gasteiger partial charge in [-0.2, -0.15) is 0 Å². The Morgan fingerprint density at radius 2 is 1.86 bits per heavy atom. The van der Waals surface area contributed by atoms with Gasteiger partial charge in [-0.05, 0) is 36.5 Å². The van der Waals surface area contributed by atoms with Crippen LogP contribution in [0.15, 0.2) is 28.7 Å². The van der Waals surface area contributed by atoms with Gasteiger partial charge in [-0.15, -0.1) is 0 Å². The molecule has 2 nitrogen and oxygen atoms in total. The highest BCUT2D eigenvalue weighted by Crippen LogP contribution is 2.28. The Hall–Kier alpha value is -0.380. The van der Waals surface area contributed by atoms with E-state index in [0.29, 0.717) is 0 Å². The van der Waals surface area contributed by atoms with E-state index in [2.05, 4.69) is 56.9 Å². The van der Waals surface area contributed by atoms with E-state index in [1.54, 1.807) is 0 Å². The molecule has 2 fully saturated rings. The average molecular weight is 351 g/mol. The quantitative estimate of drug-likeness (QED) is 0.807. The summed E-state index contributed by atoms with van der Waals surface area (Å²) >= 11 is 3.57. The minimum absolute atomic E-state index is 0.853. The SMILES string of the molecule is C[C@@H]1CCCC[C@@H]1N1CCN(Cc2cccc(Br)c2)CC1. The Kier molecular flexibility index (Phi) is 5.36. The first-order valence-corrected chi connectivity index (χ1v) is 9.22. The molecule has 1 aromatic carbocycles. The Morgan fingerprint density at radius 3 is 2.57 bits per heavy atom. The van der Waals surface area contributed by atoms with Crippen LogP contribution >= 0.6 is 15.9 Å². The lowest BCUT2D eigenvalue weighted by atomic mass is 9.84. The number of nitrogens with zero attached hydrogens (tertiary/aromatic N) is 2. The number of halogens is 1. The molecular weight excluding hydrogens is 324 g/mol. The molecule has 0 spiro atoms. The van der Waals surface area contributed by atoms with Crippen LogP contribution in [0.1, 0.15) is 38.2 Å². The molecule has 1 aromatic rings. The van der Waals surface area contributed by atoms with Crippen LogP contribution in [0.2, 0.25) is 0 Å². The fourth-order valence-electron chi connectivity index (χ4n) is 3.99. The van der Waals surface area contributed by atoms with Gasteiger partial charge in [0.1, 0.15) is 0 Å². The summed E-state index contributed by atoms with van der Waals surface area (Å²) in [7, 11) is 0. The zero-order chi connectivity index (χ0) is 14.7. The number of benzene rings is 1. The third-order valence-electron chi connectivity index (χ3n) is 5.24. The van der Waals surface area contributed by atoms with E-state index in [1.807, 2.05) is 0 Å². The van der Waals surface area contributed by atoms with Gasteiger partial charge in [0.25, 0.3) is 0 Å². The summed E-state index contributed by atoms with van der Waals surface area (Å²) in [5.74, 6) is 0.898. The van der Waals surface area contributed by atoms with Gasteiger partial charge >= 0.3 is 0 Å². The fraction of sp³-hybridized carbons (Fsp3) is 0.667. The second kappa shape index (κ2) is 7.26. The van der Waals surface area contributed by atoms with Crippen molar-refractivity contribution in [2.45, 2.75) is 45.2 Å². The molecule has 3 rings (SSSR count). The first-order chi connectivity index (χ1) is 10.2. The molecule has 2 aliphatic rings. The molecule has 21 heavy (non-hydrogen) atoms. The minimum Gasteiger partial charge on any atom is -0.298 e. The van der Waals surface area contributed by atoms with Crippen LogP contribution in [0, 0.1) is 5.92 Å². The molecule has 2 atom stereocenters. The highest BCUT2D eigenvalue weighted by Gasteiger charge is 2.29. The molecule has 1 saturated heterocycles. The van der Waals surface area contributed by atoms with E-state index in [1.165, 1.54) is 61.9 Å². The zero-order valence-corrected chi connectivity index (χ0v) is 14.7. The van der Waals surface area contributed by atoms with E-state index in [0.717, 1.165) is 18.5 Å². The predicted molar refractivity (Wildman–Crippen MR) is 92.4 cm³/mol. The molecular formula is C18H27BrN2. The number of hydrogen-bond acceptors (Lipinski definition) is 2. The Morgan fingerprint density at radius 1 is 1.10 bits per heavy atom. The van der Waals surface area contributed by atoms with Gasteiger partial charge in [0.05, 0.1) is 0 Å². The molecule has 3 heteroatoms. The third-order valence-corrected chi connectivity index (χ3v) is 5.73. The second-order valence-corrected chi connectivity index (χ2v) is 7.69. The molecule has 0 unspecified atom stereocenters. The molecule has 0 bridgehead atoms. The Balaban J connectivity index is 1.50. The van der Waals surface area contributed by atoms with Crippen molar-refractivity contribution >= 4 is 15.9 Å². The smallest absolute Gasteiger partial charge is 0.0235 e. The minimum atomic E-state index is 0.853. The molecule has 116 valence electrons. The van der Waals surface area contributed by atoms with Crippen molar-refractivity contribution in [1.29, 1.82) is 0 Å². The van der Waals surface area contributed by atoms with Crippen LogP contribution in [-0.2, 0) is 6.54 Å². The Bertz CT molecular complexity index is 454. The van der Waals surface area contributed by atoms with Gasteiger partial charge in [-0.3, -0.25) is 9.80 Å². The lowest BCUT2D eigenvalue weighted by Crippen LogP contribution is -2.52. The normalized spacial score (nSPS) is 28.7. The van der Waals surface area contributed by atoms with Crippen LogP contribution in [0.25, 0.3) is 0 Å². The van der Waals surface area contributed by atoms with Gasteiger partial charge in [0, 0.05) is 43.2 Å². The highest BCUT2D eigenvalue weighted by atomic mass is 79.9. The second-order valence-electron chi connectivity index (χ2n) is 6.77. The number of rotatable bonds is 3. The van der Waals surface area contributed by atoms with Gasteiger partial charge < -0.3 is 0 Å². The largest absolute Gasteiger partial charge is 0.298 e. The highest BCUT2D eigenvalue weighted by molar-refractivity contribution is 9.10. The average Bonchev–Trinajstić information content (AvgIpc) is 2.49. The van der Waals surface area contributed by atoms with E-state index in [4.69, 9.17) is 0 Å². The third kappa shape index (κ3) is 4.08. The zero-order valence-electron chi connectivity index (χ0n) is 13.1. The van der Waals surface area contributed by atoms with E-state index >= 15 is 0 Å². The molecule has 1 aliphatic carbocycles. The molecule has 1 saturated carbocycles. The first-order valence-electron chi connectivity index (χ1n) is 8.43. The van der Waals surface area contributed by atoms with E-state index in [-0.39, 0.29) is 0 Å². The fourth-order valence-corrected chi connectivity index (χ4v) is 4.43. The van der Waals surface area contributed by atoms with Gasteiger partial charge in [0.15, 0.2) is 0 Å². The maximum Gasteiger partial charge on any atom is 0.0235 e. The van der Waals surface area contributed by atoms with Crippen molar-refractivity contribution in [3.8, 4) is 0 Å². The first kappa shape index (κ1) is 15.5. The monoisotopic (exact) mass is 350 g/mol. The van der Waals surface area contributed by atoms with Crippen molar-refractivity contribution in [2.75, 3.05) is 26.2 Å².